The Hall–Kier alpha value is -0.410. The Kier molecular flexibility index (Phi) is 4.74. The molecule has 1 aromatic rings. The van der Waals surface area contributed by atoms with E-state index in [9.17, 15) is 9.50 Å². The minimum atomic E-state index is -0.726. The van der Waals surface area contributed by atoms with Crippen LogP contribution < -0.4 is 0 Å². The molecule has 0 aliphatic carbocycles. The van der Waals surface area contributed by atoms with Crippen molar-refractivity contribution in [1.82, 2.24) is 0 Å². The van der Waals surface area contributed by atoms with Crippen molar-refractivity contribution in [1.29, 1.82) is 0 Å². The zero-order valence-corrected chi connectivity index (χ0v) is 10.6. The predicted molar refractivity (Wildman–Crippen MR) is 63.1 cm³/mol. The van der Waals surface area contributed by atoms with Crippen LogP contribution in [0.25, 0.3) is 0 Å². The summed E-state index contributed by atoms with van der Waals surface area (Å²) in [6.07, 6.45) is 0.856. The van der Waals surface area contributed by atoms with Crippen LogP contribution in [0, 0.1) is 11.7 Å². The normalized spacial score (nSPS) is 15.0. The van der Waals surface area contributed by atoms with E-state index < -0.39 is 6.10 Å². The summed E-state index contributed by atoms with van der Waals surface area (Å²) in [7, 11) is 0. The number of hydrogen-bond donors (Lipinski definition) is 1. The molecule has 0 saturated carbocycles. The van der Waals surface area contributed by atoms with E-state index in [1.807, 2.05) is 0 Å². The molecule has 0 fully saturated rings. The second-order valence-corrected chi connectivity index (χ2v) is 4.75. The van der Waals surface area contributed by atoms with E-state index >= 15 is 0 Å². The van der Waals surface area contributed by atoms with Gasteiger partial charge in [0.15, 0.2) is 0 Å². The molecule has 84 valence electrons. The van der Waals surface area contributed by atoms with Crippen LogP contribution in [0.2, 0.25) is 0 Å². The van der Waals surface area contributed by atoms with E-state index in [0.717, 1.165) is 6.42 Å². The minimum absolute atomic E-state index is 0.347. The van der Waals surface area contributed by atoms with E-state index in [1.165, 1.54) is 6.07 Å². The second kappa shape index (κ2) is 5.61. The second-order valence-electron chi connectivity index (χ2n) is 3.90. The molecule has 15 heavy (non-hydrogen) atoms. The summed E-state index contributed by atoms with van der Waals surface area (Å²) in [4.78, 5) is 0. The molecule has 0 aromatic heterocycles. The van der Waals surface area contributed by atoms with Crippen molar-refractivity contribution in [2.24, 2.45) is 5.92 Å². The number of aliphatic hydroxyl groups is 1. The topological polar surface area (TPSA) is 20.2 Å². The molecule has 2 unspecified atom stereocenters. The lowest BCUT2D eigenvalue weighted by Gasteiger charge is -2.17. The summed E-state index contributed by atoms with van der Waals surface area (Å²) >= 11 is 3.26. The minimum Gasteiger partial charge on any atom is -0.388 e. The van der Waals surface area contributed by atoms with Gasteiger partial charge in [0.05, 0.1) is 6.10 Å². The summed E-state index contributed by atoms with van der Waals surface area (Å²) in [6, 6.07) is 4.75. The first kappa shape index (κ1) is 12.7. The first-order valence-electron chi connectivity index (χ1n) is 5.18. The van der Waals surface area contributed by atoms with Gasteiger partial charge in [-0.3, -0.25) is 0 Å². The summed E-state index contributed by atoms with van der Waals surface area (Å²) in [6.45, 7) is 4.12. The first-order chi connectivity index (χ1) is 7.06. The molecule has 0 heterocycles. The third kappa shape index (κ3) is 3.28. The van der Waals surface area contributed by atoms with Crippen molar-refractivity contribution in [2.45, 2.75) is 32.8 Å². The molecule has 0 saturated heterocycles. The van der Waals surface area contributed by atoms with Gasteiger partial charge in [0.1, 0.15) is 5.82 Å². The number of halogens is 2. The highest BCUT2D eigenvalue weighted by molar-refractivity contribution is 9.10. The van der Waals surface area contributed by atoms with Crippen LogP contribution in [0.5, 0.6) is 0 Å². The van der Waals surface area contributed by atoms with Gasteiger partial charge >= 0.3 is 0 Å². The molecule has 2 atom stereocenters. The predicted octanol–water partition coefficient (Wildman–Crippen LogP) is 4.06. The third-order valence-corrected chi connectivity index (χ3v) is 3.35. The number of rotatable bonds is 4. The molecule has 1 rings (SSSR count). The van der Waals surface area contributed by atoms with E-state index in [0.29, 0.717) is 22.4 Å². The van der Waals surface area contributed by atoms with Crippen LogP contribution in [0.1, 0.15) is 38.4 Å². The maximum Gasteiger partial charge on any atom is 0.130 e. The largest absolute Gasteiger partial charge is 0.388 e. The average molecular weight is 275 g/mol. The van der Waals surface area contributed by atoms with Gasteiger partial charge in [-0.1, -0.05) is 42.3 Å². The Balaban J connectivity index is 2.86. The van der Waals surface area contributed by atoms with Gasteiger partial charge in [0.25, 0.3) is 0 Å². The lowest BCUT2D eigenvalue weighted by Crippen LogP contribution is -2.06. The molecular formula is C12H16BrFO. The Morgan fingerprint density at radius 3 is 2.67 bits per heavy atom. The molecule has 0 aliphatic heterocycles. The quantitative estimate of drug-likeness (QED) is 0.878. The Morgan fingerprint density at radius 1 is 1.47 bits per heavy atom. The van der Waals surface area contributed by atoms with Crippen LogP contribution >= 0.6 is 15.9 Å². The maximum atomic E-state index is 13.5. The molecule has 0 bridgehead atoms. The van der Waals surface area contributed by atoms with Crippen molar-refractivity contribution < 1.29 is 9.50 Å². The molecule has 1 N–H and O–H groups in total. The van der Waals surface area contributed by atoms with Crippen molar-refractivity contribution in [2.75, 3.05) is 0 Å². The van der Waals surface area contributed by atoms with Gasteiger partial charge in [-0.05, 0) is 24.5 Å². The highest BCUT2D eigenvalue weighted by atomic mass is 79.9. The van der Waals surface area contributed by atoms with Crippen LogP contribution in [-0.2, 0) is 0 Å². The average Bonchev–Trinajstić information content (AvgIpc) is 2.17. The molecule has 0 radical (unpaired) electrons. The third-order valence-electron chi connectivity index (χ3n) is 2.66. The van der Waals surface area contributed by atoms with E-state index in [4.69, 9.17) is 0 Å². The Bertz CT molecular complexity index is 307. The Morgan fingerprint density at radius 2 is 2.13 bits per heavy atom. The van der Waals surface area contributed by atoms with Gasteiger partial charge in [-0.25, -0.2) is 4.39 Å². The van der Waals surface area contributed by atoms with E-state index in [2.05, 4.69) is 29.8 Å². The fraction of sp³-hybridized carbons (Fsp3) is 0.500. The van der Waals surface area contributed by atoms with Crippen molar-refractivity contribution in [3.63, 3.8) is 0 Å². The standard InChI is InChI=1S/C12H16BrFO/c1-3-8(2)7-11(15)12-9(13)5-4-6-10(12)14/h4-6,8,11,15H,3,7H2,1-2H3. The number of benzene rings is 1. The zero-order chi connectivity index (χ0) is 11.4. The summed E-state index contributed by atoms with van der Waals surface area (Å²) in [5.41, 5.74) is 0.373. The number of hydrogen-bond acceptors (Lipinski definition) is 1. The maximum absolute atomic E-state index is 13.5. The fourth-order valence-corrected chi connectivity index (χ4v) is 2.10. The fourth-order valence-electron chi connectivity index (χ4n) is 1.49. The summed E-state index contributed by atoms with van der Waals surface area (Å²) in [5.74, 6) is 0.0479. The molecule has 3 heteroatoms. The summed E-state index contributed by atoms with van der Waals surface area (Å²) < 4.78 is 14.1. The van der Waals surface area contributed by atoms with Gasteiger partial charge in [-0.2, -0.15) is 0 Å². The van der Waals surface area contributed by atoms with Gasteiger partial charge in [-0.15, -0.1) is 0 Å². The van der Waals surface area contributed by atoms with Crippen molar-refractivity contribution in [3.8, 4) is 0 Å². The van der Waals surface area contributed by atoms with E-state index in [1.54, 1.807) is 12.1 Å². The first-order valence-corrected chi connectivity index (χ1v) is 5.97. The molecule has 1 aromatic carbocycles. The van der Waals surface area contributed by atoms with E-state index in [-0.39, 0.29) is 5.82 Å². The van der Waals surface area contributed by atoms with Crippen LogP contribution in [0.4, 0.5) is 4.39 Å². The van der Waals surface area contributed by atoms with Gasteiger partial charge in [0, 0.05) is 10.0 Å². The SMILES string of the molecule is CCC(C)CC(O)c1c(F)cccc1Br. The highest BCUT2D eigenvalue weighted by Crippen LogP contribution is 2.30. The zero-order valence-electron chi connectivity index (χ0n) is 9.00. The lowest BCUT2D eigenvalue weighted by molar-refractivity contribution is 0.141. The molecule has 0 spiro atoms. The van der Waals surface area contributed by atoms with Crippen molar-refractivity contribution in [3.05, 3.63) is 34.1 Å². The van der Waals surface area contributed by atoms with Crippen LogP contribution in [0.3, 0.4) is 0 Å². The van der Waals surface area contributed by atoms with Gasteiger partial charge < -0.3 is 5.11 Å². The lowest BCUT2D eigenvalue weighted by atomic mass is 9.96. The molecular weight excluding hydrogens is 259 g/mol. The van der Waals surface area contributed by atoms with Crippen LogP contribution in [0.15, 0.2) is 22.7 Å². The molecule has 0 amide bonds. The van der Waals surface area contributed by atoms with Crippen LogP contribution in [-0.4, -0.2) is 5.11 Å². The molecule has 1 nitrogen and oxygen atoms in total. The monoisotopic (exact) mass is 274 g/mol. The van der Waals surface area contributed by atoms with Crippen molar-refractivity contribution >= 4 is 15.9 Å². The number of aliphatic hydroxyl groups excluding tert-OH is 1. The highest BCUT2D eigenvalue weighted by Gasteiger charge is 2.17. The molecule has 0 aliphatic rings. The van der Waals surface area contributed by atoms with Gasteiger partial charge in [0.2, 0.25) is 0 Å². The smallest absolute Gasteiger partial charge is 0.130 e. The summed E-state index contributed by atoms with van der Waals surface area (Å²) in [5, 5.41) is 9.91. The Labute approximate surface area is 98.4 Å².